The average Bonchev–Trinajstić information content (AvgIpc) is 3.24. The Morgan fingerprint density at radius 2 is 1.64 bits per heavy atom. The molecular weight excluding hydrogens is 374 g/mol. The Bertz CT molecular complexity index is 976. The van der Waals surface area contributed by atoms with Gasteiger partial charge in [0.15, 0.2) is 9.84 Å². The summed E-state index contributed by atoms with van der Waals surface area (Å²) in [5, 5.41) is 2.03. The molecule has 2 aromatic heterocycles. The van der Waals surface area contributed by atoms with E-state index >= 15 is 0 Å². The number of aromatic nitrogens is 2. The first-order valence-electron chi connectivity index (χ1n) is 7.95. The molecule has 0 N–H and O–H groups in total. The number of aryl methyl sites for hydroxylation is 1. The summed E-state index contributed by atoms with van der Waals surface area (Å²) in [4.78, 5) is 13.1. The minimum atomic E-state index is -2.85. The third-order valence-corrected chi connectivity index (χ3v) is 7.94. The van der Waals surface area contributed by atoms with Crippen LogP contribution in [0.1, 0.15) is 5.01 Å². The molecule has 0 aliphatic carbocycles. The highest BCUT2D eigenvalue weighted by molar-refractivity contribution is 7.91. The molecule has 3 heterocycles. The van der Waals surface area contributed by atoms with E-state index in [1.165, 1.54) is 0 Å². The molecule has 0 saturated carbocycles. The molecule has 3 aromatic rings. The zero-order valence-corrected chi connectivity index (χ0v) is 16.1. The molecule has 0 unspecified atom stereocenters. The molecule has 1 fully saturated rings. The van der Waals surface area contributed by atoms with Crippen LogP contribution in [-0.4, -0.2) is 43.0 Å². The fourth-order valence-electron chi connectivity index (χ4n) is 2.79. The number of nitrogens with zero attached hydrogens (tertiary/aromatic N) is 3. The van der Waals surface area contributed by atoms with Crippen LogP contribution in [-0.2, 0) is 9.84 Å². The van der Waals surface area contributed by atoms with Crippen LogP contribution >= 0.6 is 22.7 Å². The number of thiazole rings is 2. The Morgan fingerprint density at radius 1 is 0.960 bits per heavy atom. The first-order chi connectivity index (χ1) is 12.0. The van der Waals surface area contributed by atoms with Gasteiger partial charge in [-0.2, -0.15) is 0 Å². The van der Waals surface area contributed by atoms with E-state index in [-0.39, 0.29) is 11.5 Å². The van der Waals surface area contributed by atoms with Gasteiger partial charge in [-0.1, -0.05) is 12.1 Å². The maximum atomic E-state index is 11.6. The molecule has 130 valence electrons. The summed E-state index contributed by atoms with van der Waals surface area (Å²) in [6, 6.07) is 8.27. The Balaban J connectivity index is 1.52. The van der Waals surface area contributed by atoms with Gasteiger partial charge in [0.05, 0.1) is 26.3 Å². The van der Waals surface area contributed by atoms with Crippen molar-refractivity contribution in [2.24, 2.45) is 0 Å². The van der Waals surface area contributed by atoms with E-state index < -0.39 is 9.84 Å². The van der Waals surface area contributed by atoms with Crippen molar-refractivity contribution in [3.63, 3.8) is 0 Å². The summed E-state index contributed by atoms with van der Waals surface area (Å²) in [5.41, 5.74) is 2.19. The second kappa shape index (κ2) is 6.51. The molecule has 0 bridgehead atoms. The molecule has 5 nitrogen and oxygen atoms in total. The summed E-state index contributed by atoms with van der Waals surface area (Å²) in [7, 11) is -2.85. The Labute approximate surface area is 154 Å². The first-order valence-corrected chi connectivity index (χ1v) is 11.4. The molecule has 1 saturated heterocycles. The molecule has 1 aliphatic heterocycles. The van der Waals surface area contributed by atoms with Gasteiger partial charge in [0.1, 0.15) is 5.01 Å². The van der Waals surface area contributed by atoms with Crippen molar-refractivity contribution in [3.05, 3.63) is 41.7 Å². The van der Waals surface area contributed by atoms with Crippen LogP contribution < -0.4 is 4.90 Å². The van der Waals surface area contributed by atoms with Crippen LogP contribution in [0.4, 0.5) is 5.69 Å². The minimum absolute atomic E-state index is 0.237. The highest BCUT2D eigenvalue weighted by atomic mass is 32.2. The lowest BCUT2D eigenvalue weighted by molar-refractivity contribution is 0.587. The van der Waals surface area contributed by atoms with Gasteiger partial charge in [-0.3, -0.25) is 0 Å². The molecular formula is C17H17N3O2S3. The van der Waals surface area contributed by atoms with Crippen molar-refractivity contribution in [1.82, 2.24) is 9.97 Å². The van der Waals surface area contributed by atoms with E-state index in [1.807, 2.05) is 19.3 Å². The van der Waals surface area contributed by atoms with Crippen molar-refractivity contribution >= 4 is 38.2 Å². The van der Waals surface area contributed by atoms with Gasteiger partial charge in [-0.25, -0.2) is 18.4 Å². The number of benzene rings is 1. The number of hydrogen-bond acceptors (Lipinski definition) is 7. The maximum absolute atomic E-state index is 11.6. The number of sulfone groups is 1. The molecule has 0 amide bonds. The number of anilines is 1. The zero-order valence-electron chi connectivity index (χ0n) is 13.7. The second-order valence-corrected chi connectivity index (χ2v) is 10.5. The van der Waals surface area contributed by atoms with Crippen LogP contribution in [0, 0.1) is 6.92 Å². The summed E-state index contributed by atoms with van der Waals surface area (Å²) in [6.07, 6.45) is 3.77. The lowest BCUT2D eigenvalue weighted by Crippen LogP contribution is -2.40. The Morgan fingerprint density at radius 3 is 2.28 bits per heavy atom. The van der Waals surface area contributed by atoms with Crippen molar-refractivity contribution < 1.29 is 8.42 Å². The van der Waals surface area contributed by atoms with E-state index in [0.717, 1.165) is 31.0 Å². The molecule has 0 radical (unpaired) electrons. The van der Waals surface area contributed by atoms with Crippen LogP contribution in [0.2, 0.25) is 0 Å². The van der Waals surface area contributed by atoms with E-state index in [4.69, 9.17) is 0 Å². The average molecular weight is 392 g/mol. The van der Waals surface area contributed by atoms with Gasteiger partial charge < -0.3 is 4.90 Å². The normalized spacial score (nSPS) is 16.9. The fourth-order valence-corrected chi connectivity index (χ4v) is 5.74. The van der Waals surface area contributed by atoms with Crippen LogP contribution in [0.25, 0.3) is 20.3 Å². The van der Waals surface area contributed by atoms with Crippen LogP contribution in [0.15, 0.2) is 36.7 Å². The molecule has 8 heteroatoms. The molecule has 0 atom stereocenters. The Hall–Kier alpha value is -1.77. The second-order valence-electron chi connectivity index (χ2n) is 5.96. The summed E-state index contributed by atoms with van der Waals surface area (Å²) in [5.74, 6) is 0.475. The lowest BCUT2D eigenvalue weighted by Gasteiger charge is -2.28. The van der Waals surface area contributed by atoms with Crippen molar-refractivity contribution in [2.45, 2.75) is 6.92 Å². The lowest BCUT2D eigenvalue weighted by atomic mass is 10.2. The number of rotatable bonds is 3. The summed E-state index contributed by atoms with van der Waals surface area (Å²) >= 11 is 3.31. The van der Waals surface area contributed by atoms with Gasteiger partial charge in [-0.15, -0.1) is 22.7 Å². The van der Waals surface area contributed by atoms with Gasteiger partial charge in [0.2, 0.25) is 0 Å². The van der Waals surface area contributed by atoms with Gasteiger partial charge >= 0.3 is 0 Å². The molecule has 1 aromatic carbocycles. The maximum Gasteiger partial charge on any atom is 0.153 e. The van der Waals surface area contributed by atoms with E-state index in [9.17, 15) is 8.42 Å². The Kier molecular flexibility index (Phi) is 4.35. The molecule has 1 aliphatic rings. The van der Waals surface area contributed by atoms with Crippen LogP contribution in [0.5, 0.6) is 0 Å². The summed E-state index contributed by atoms with van der Waals surface area (Å²) < 4.78 is 23.1. The zero-order chi connectivity index (χ0) is 17.4. The van der Waals surface area contributed by atoms with Gasteiger partial charge in [0.25, 0.3) is 0 Å². The monoisotopic (exact) mass is 391 g/mol. The van der Waals surface area contributed by atoms with Crippen molar-refractivity contribution in [1.29, 1.82) is 0 Å². The standard InChI is InChI=1S/C17H17N3O2S3/c1-12-18-11-16(23-12)17-19-10-15(24-17)13-2-4-14(5-3-13)20-6-8-25(21,22)9-7-20/h2-5,10-11H,6-9H2,1H3. The number of hydrogen-bond donors (Lipinski definition) is 0. The van der Waals surface area contributed by atoms with E-state index in [1.54, 1.807) is 22.7 Å². The van der Waals surface area contributed by atoms with Crippen LogP contribution in [0.3, 0.4) is 0 Å². The molecule has 4 rings (SSSR count). The quantitative estimate of drug-likeness (QED) is 0.684. The predicted octanol–water partition coefficient (Wildman–Crippen LogP) is 3.48. The van der Waals surface area contributed by atoms with E-state index in [2.05, 4.69) is 39.1 Å². The fraction of sp³-hybridized carbons (Fsp3) is 0.294. The summed E-state index contributed by atoms with van der Waals surface area (Å²) in [6.45, 7) is 3.13. The smallest absolute Gasteiger partial charge is 0.153 e. The highest BCUT2D eigenvalue weighted by Gasteiger charge is 2.21. The predicted molar refractivity (Wildman–Crippen MR) is 104 cm³/mol. The largest absolute Gasteiger partial charge is 0.369 e. The van der Waals surface area contributed by atoms with Crippen molar-refractivity contribution in [3.8, 4) is 20.3 Å². The SMILES string of the molecule is Cc1ncc(-c2ncc(-c3ccc(N4CCS(=O)(=O)CC4)cc3)s2)s1. The first kappa shape index (κ1) is 16.7. The third-order valence-electron chi connectivity index (χ3n) is 4.20. The molecule has 25 heavy (non-hydrogen) atoms. The minimum Gasteiger partial charge on any atom is -0.369 e. The topological polar surface area (TPSA) is 63.2 Å². The highest BCUT2D eigenvalue weighted by Crippen LogP contribution is 2.35. The van der Waals surface area contributed by atoms with Gasteiger partial charge in [0, 0.05) is 31.2 Å². The van der Waals surface area contributed by atoms with E-state index in [0.29, 0.717) is 13.1 Å². The third kappa shape index (κ3) is 3.61. The van der Waals surface area contributed by atoms with Crippen molar-refractivity contribution in [2.75, 3.05) is 29.5 Å². The molecule has 0 spiro atoms. The van der Waals surface area contributed by atoms with Gasteiger partial charge in [-0.05, 0) is 24.6 Å².